The molecule has 1 unspecified atom stereocenters. The molecule has 0 heterocycles. The highest BCUT2D eigenvalue weighted by atomic mass is 19.1. The van der Waals surface area contributed by atoms with Gasteiger partial charge in [0.25, 0.3) is 0 Å². The molecule has 18 heavy (non-hydrogen) atoms. The molecule has 5 heteroatoms. The maximum Gasteiger partial charge on any atom is 0.302 e. The zero-order chi connectivity index (χ0) is 13.5. The topological polar surface area (TPSA) is 38.3 Å². The van der Waals surface area contributed by atoms with E-state index in [1.165, 1.54) is 19.1 Å². The third kappa shape index (κ3) is 4.79. The second kappa shape index (κ2) is 7.06. The molecular weight excluding hydrogens is 240 g/mol. The summed E-state index contributed by atoms with van der Waals surface area (Å²) in [6.45, 7) is 3.79. The molecule has 0 amide bonds. The van der Waals surface area contributed by atoms with Crippen LogP contribution in [0.3, 0.4) is 0 Å². The van der Waals surface area contributed by atoms with Crippen molar-refractivity contribution < 1.29 is 18.3 Å². The van der Waals surface area contributed by atoms with E-state index in [0.717, 1.165) is 12.5 Å². The summed E-state index contributed by atoms with van der Waals surface area (Å²) in [7, 11) is 0. The molecule has 0 aromatic heterocycles. The quantitative estimate of drug-likeness (QED) is 0.795. The van der Waals surface area contributed by atoms with E-state index < -0.39 is 11.6 Å². The fourth-order valence-corrected chi connectivity index (χ4v) is 1.46. The van der Waals surface area contributed by atoms with Crippen LogP contribution in [0.15, 0.2) is 18.2 Å². The van der Waals surface area contributed by atoms with Gasteiger partial charge >= 0.3 is 5.97 Å². The van der Waals surface area contributed by atoms with Crippen LogP contribution in [0.5, 0.6) is 0 Å². The first kappa shape index (κ1) is 14.6. The van der Waals surface area contributed by atoms with E-state index in [4.69, 9.17) is 4.74 Å². The summed E-state index contributed by atoms with van der Waals surface area (Å²) in [5.41, 5.74) is 0.387. The summed E-state index contributed by atoms with van der Waals surface area (Å²) in [6, 6.07) is 3.42. The molecule has 0 aliphatic carbocycles. The number of benzene rings is 1. The van der Waals surface area contributed by atoms with Crippen molar-refractivity contribution in [3.05, 3.63) is 35.4 Å². The van der Waals surface area contributed by atoms with Gasteiger partial charge in [0.1, 0.15) is 18.2 Å². The maximum atomic E-state index is 13.4. The SMILES string of the molecule is CCC(COC(C)=O)NCc1ccc(F)cc1F. The van der Waals surface area contributed by atoms with Crippen LogP contribution in [0.4, 0.5) is 8.78 Å². The Kier molecular flexibility index (Phi) is 5.71. The maximum absolute atomic E-state index is 13.4. The van der Waals surface area contributed by atoms with E-state index in [2.05, 4.69) is 5.32 Å². The summed E-state index contributed by atoms with van der Waals surface area (Å²) < 4.78 is 30.9. The number of nitrogens with one attached hydrogen (secondary N) is 1. The summed E-state index contributed by atoms with van der Waals surface area (Å²) in [5, 5.41) is 3.06. The summed E-state index contributed by atoms with van der Waals surface area (Å²) in [6.07, 6.45) is 0.746. The highest BCUT2D eigenvalue weighted by Crippen LogP contribution is 2.09. The molecule has 1 aromatic rings. The van der Waals surface area contributed by atoms with Crippen LogP contribution in [-0.4, -0.2) is 18.6 Å². The third-order valence-corrected chi connectivity index (χ3v) is 2.58. The van der Waals surface area contributed by atoms with Crippen LogP contribution in [0.1, 0.15) is 25.8 Å². The molecule has 1 N–H and O–H groups in total. The van der Waals surface area contributed by atoms with Gasteiger partial charge in [-0.25, -0.2) is 8.78 Å². The van der Waals surface area contributed by atoms with Gasteiger partial charge in [0, 0.05) is 31.1 Å². The second-order valence-corrected chi connectivity index (χ2v) is 4.02. The summed E-state index contributed by atoms with van der Waals surface area (Å²) in [4.78, 5) is 10.7. The lowest BCUT2D eigenvalue weighted by atomic mass is 10.1. The number of hydrogen-bond donors (Lipinski definition) is 1. The molecule has 0 bridgehead atoms. The van der Waals surface area contributed by atoms with Gasteiger partial charge in [-0.3, -0.25) is 4.79 Å². The average Bonchev–Trinajstić information content (AvgIpc) is 2.31. The Bertz CT molecular complexity index is 410. The highest BCUT2D eigenvalue weighted by Gasteiger charge is 2.09. The normalized spacial score (nSPS) is 12.2. The smallest absolute Gasteiger partial charge is 0.302 e. The average molecular weight is 257 g/mol. The van der Waals surface area contributed by atoms with Crippen LogP contribution >= 0.6 is 0 Å². The van der Waals surface area contributed by atoms with Crippen molar-refractivity contribution in [1.29, 1.82) is 0 Å². The molecule has 3 nitrogen and oxygen atoms in total. The predicted octanol–water partition coefficient (Wildman–Crippen LogP) is 2.40. The molecule has 0 aliphatic heterocycles. The van der Waals surface area contributed by atoms with Crippen molar-refractivity contribution in [2.45, 2.75) is 32.9 Å². The number of halogens is 2. The minimum Gasteiger partial charge on any atom is -0.464 e. The Morgan fingerprint density at radius 1 is 1.44 bits per heavy atom. The van der Waals surface area contributed by atoms with Crippen molar-refractivity contribution in [2.75, 3.05) is 6.61 Å². The Morgan fingerprint density at radius 2 is 2.17 bits per heavy atom. The van der Waals surface area contributed by atoms with Crippen LogP contribution in [-0.2, 0) is 16.1 Å². The van der Waals surface area contributed by atoms with Gasteiger partial charge in [-0.15, -0.1) is 0 Å². The molecule has 0 radical (unpaired) electrons. The Hall–Kier alpha value is -1.49. The molecule has 1 atom stereocenters. The number of hydrogen-bond acceptors (Lipinski definition) is 3. The van der Waals surface area contributed by atoms with E-state index in [9.17, 15) is 13.6 Å². The van der Waals surface area contributed by atoms with Gasteiger partial charge in [-0.1, -0.05) is 13.0 Å². The summed E-state index contributed by atoms with van der Waals surface area (Å²) >= 11 is 0. The predicted molar refractivity (Wildman–Crippen MR) is 63.9 cm³/mol. The standard InChI is InChI=1S/C13H17F2NO2/c1-3-12(8-18-9(2)17)16-7-10-4-5-11(14)6-13(10)15/h4-6,12,16H,3,7-8H2,1-2H3. The molecule has 1 rings (SSSR count). The van der Waals surface area contributed by atoms with Gasteiger partial charge in [-0.05, 0) is 12.5 Å². The first-order valence-corrected chi connectivity index (χ1v) is 5.83. The molecule has 0 saturated heterocycles. The number of rotatable bonds is 6. The van der Waals surface area contributed by atoms with Gasteiger partial charge < -0.3 is 10.1 Å². The summed E-state index contributed by atoms with van der Waals surface area (Å²) in [5.74, 6) is -1.52. The monoisotopic (exact) mass is 257 g/mol. The fraction of sp³-hybridized carbons (Fsp3) is 0.462. The van der Waals surface area contributed by atoms with Gasteiger partial charge in [-0.2, -0.15) is 0 Å². The number of carbonyl (C=O) groups excluding carboxylic acids is 1. The molecule has 0 saturated carbocycles. The van der Waals surface area contributed by atoms with E-state index in [1.54, 1.807) is 0 Å². The van der Waals surface area contributed by atoms with Crippen molar-refractivity contribution >= 4 is 5.97 Å². The minimum atomic E-state index is -0.594. The first-order valence-electron chi connectivity index (χ1n) is 5.83. The number of ether oxygens (including phenoxy) is 1. The molecule has 0 spiro atoms. The van der Waals surface area contributed by atoms with Crippen molar-refractivity contribution in [3.8, 4) is 0 Å². The van der Waals surface area contributed by atoms with E-state index in [0.29, 0.717) is 5.56 Å². The van der Waals surface area contributed by atoms with Gasteiger partial charge in [0.15, 0.2) is 0 Å². The second-order valence-electron chi connectivity index (χ2n) is 4.02. The van der Waals surface area contributed by atoms with Crippen molar-refractivity contribution in [1.82, 2.24) is 5.32 Å². The van der Waals surface area contributed by atoms with Crippen LogP contribution in [0.2, 0.25) is 0 Å². The molecule has 100 valence electrons. The Balaban J connectivity index is 2.49. The zero-order valence-corrected chi connectivity index (χ0v) is 10.5. The molecular formula is C13H17F2NO2. The van der Waals surface area contributed by atoms with Gasteiger partial charge in [0.05, 0.1) is 0 Å². The molecule has 0 aliphatic rings. The van der Waals surface area contributed by atoms with E-state index in [-0.39, 0.29) is 25.2 Å². The van der Waals surface area contributed by atoms with Crippen LogP contribution in [0, 0.1) is 11.6 Å². The minimum absolute atomic E-state index is 0.0432. The number of esters is 1. The van der Waals surface area contributed by atoms with Crippen LogP contribution < -0.4 is 5.32 Å². The van der Waals surface area contributed by atoms with Crippen LogP contribution in [0.25, 0.3) is 0 Å². The lowest BCUT2D eigenvalue weighted by Crippen LogP contribution is -2.33. The highest BCUT2D eigenvalue weighted by molar-refractivity contribution is 5.65. The number of carbonyl (C=O) groups is 1. The lowest BCUT2D eigenvalue weighted by molar-refractivity contribution is -0.141. The Morgan fingerprint density at radius 3 is 2.72 bits per heavy atom. The Labute approximate surface area is 105 Å². The molecule has 1 aromatic carbocycles. The third-order valence-electron chi connectivity index (χ3n) is 2.58. The van der Waals surface area contributed by atoms with Crippen molar-refractivity contribution in [3.63, 3.8) is 0 Å². The van der Waals surface area contributed by atoms with Gasteiger partial charge in [0.2, 0.25) is 0 Å². The fourth-order valence-electron chi connectivity index (χ4n) is 1.46. The zero-order valence-electron chi connectivity index (χ0n) is 10.5. The first-order chi connectivity index (χ1) is 8.52. The van der Waals surface area contributed by atoms with E-state index >= 15 is 0 Å². The van der Waals surface area contributed by atoms with E-state index in [1.807, 2.05) is 6.92 Å². The largest absolute Gasteiger partial charge is 0.464 e. The molecule has 0 fully saturated rings. The van der Waals surface area contributed by atoms with Crippen molar-refractivity contribution in [2.24, 2.45) is 0 Å². The lowest BCUT2D eigenvalue weighted by Gasteiger charge is -2.16.